The monoisotopic (exact) mass is 234 g/mol. The van der Waals surface area contributed by atoms with Crippen molar-refractivity contribution in [2.45, 2.75) is 25.8 Å². The number of nitrogens with zero attached hydrogens (tertiary/aromatic N) is 2. The molecule has 0 aliphatic carbocycles. The third-order valence-corrected chi connectivity index (χ3v) is 3.49. The van der Waals surface area contributed by atoms with Crippen LogP contribution in [-0.4, -0.2) is 42.6 Å². The van der Waals surface area contributed by atoms with Gasteiger partial charge < -0.3 is 10.6 Å². The molecule has 1 aromatic rings. The van der Waals surface area contributed by atoms with Crippen molar-refractivity contribution >= 4 is 11.5 Å². The van der Waals surface area contributed by atoms with Crippen LogP contribution in [0.25, 0.3) is 0 Å². The molecule has 4 nitrogen and oxygen atoms in total. The molecular weight excluding hydrogens is 212 g/mol. The van der Waals surface area contributed by atoms with E-state index in [0.717, 1.165) is 24.6 Å². The van der Waals surface area contributed by atoms with Crippen molar-refractivity contribution in [1.82, 2.24) is 9.88 Å². The van der Waals surface area contributed by atoms with E-state index in [9.17, 15) is 0 Å². The third-order valence-electron chi connectivity index (χ3n) is 3.49. The number of pyridine rings is 1. The SMILES string of the molecule is CCN1CCCC1CNc1ncccc1NC. The first kappa shape index (κ1) is 12.2. The first-order valence-corrected chi connectivity index (χ1v) is 6.45. The zero-order valence-electron chi connectivity index (χ0n) is 10.7. The summed E-state index contributed by atoms with van der Waals surface area (Å²) in [5, 5.41) is 6.61. The van der Waals surface area contributed by atoms with Crippen molar-refractivity contribution in [2.24, 2.45) is 0 Å². The largest absolute Gasteiger partial charge is 0.385 e. The number of rotatable bonds is 5. The van der Waals surface area contributed by atoms with Gasteiger partial charge in [-0.05, 0) is 38.1 Å². The van der Waals surface area contributed by atoms with Gasteiger partial charge in [-0.3, -0.25) is 4.90 Å². The van der Waals surface area contributed by atoms with E-state index in [-0.39, 0.29) is 0 Å². The highest BCUT2D eigenvalue weighted by Gasteiger charge is 2.22. The molecule has 2 heterocycles. The fraction of sp³-hybridized carbons (Fsp3) is 0.615. The van der Waals surface area contributed by atoms with E-state index in [1.54, 1.807) is 0 Å². The Kier molecular flexibility index (Phi) is 4.20. The van der Waals surface area contributed by atoms with Crippen LogP contribution in [-0.2, 0) is 0 Å². The van der Waals surface area contributed by atoms with Crippen LogP contribution in [0.1, 0.15) is 19.8 Å². The van der Waals surface area contributed by atoms with Gasteiger partial charge in [-0.2, -0.15) is 0 Å². The van der Waals surface area contributed by atoms with Gasteiger partial charge in [0.05, 0.1) is 5.69 Å². The fourth-order valence-corrected chi connectivity index (χ4v) is 2.51. The Morgan fingerprint density at radius 2 is 2.41 bits per heavy atom. The van der Waals surface area contributed by atoms with Crippen LogP contribution in [0.15, 0.2) is 18.3 Å². The Labute approximate surface area is 103 Å². The van der Waals surface area contributed by atoms with Crippen LogP contribution in [0, 0.1) is 0 Å². The Morgan fingerprint density at radius 3 is 3.18 bits per heavy atom. The molecule has 0 saturated carbocycles. The maximum Gasteiger partial charge on any atom is 0.149 e. The van der Waals surface area contributed by atoms with Crippen LogP contribution in [0.3, 0.4) is 0 Å². The number of likely N-dealkylation sites (N-methyl/N-ethyl adjacent to an activating group) is 1. The van der Waals surface area contributed by atoms with Crippen molar-refractivity contribution in [2.75, 3.05) is 37.3 Å². The highest BCUT2D eigenvalue weighted by molar-refractivity contribution is 5.63. The number of likely N-dealkylation sites (tertiary alicyclic amines) is 1. The first-order valence-electron chi connectivity index (χ1n) is 6.45. The minimum atomic E-state index is 0.659. The molecule has 1 aromatic heterocycles. The van der Waals surface area contributed by atoms with Crippen molar-refractivity contribution in [3.05, 3.63) is 18.3 Å². The van der Waals surface area contributed by atoms with E-state index in [1.165, 1.54) is 19.4 Å². The smallest absolute Gasteiger partial charge is 0.149 e. The minimum Gasteiger partial charge on any atom is -0.385 e. The predicted molar refractivity (Wildman–Crippen MR) is 72.5 cm³/mol. The second kappa shape index (κ2) is 5.87. The first-order chi connectivity index (χ1) is 8.35. The van der Waals surface area contributed by atoms with E-state index in [2.05, 4.69) is 27.4 Å². The summed E-state index contributed by atoms with van der Waals surface area (Å²) in [6.07, 6.45) is 4.44. The molecule has 1 saturated heterocycles. The van der Waals surface area contributed by atoms with Crippen LogP contribution in [0.2, 0.25) is 0 Å². The average Bonchev–Trinajstić information content (AvgIpc) is 2.84. The highest BCUT2D eigenvalue weighted by Crippen LogP contribution is 2.20. The lowest BCUT2D eigenvalue weighted by molar-refractivity contribution is 0.277. The molecule has 0 aromatic carbocycles. The van der Waals surface area contributed by atoms with E-state index in [0.29, 0.717) is 6.04 Å². The van der Waals surface area contributed by atoms with Gasteiger partial charge in [-0.15, -0.1) is 0 Å². The molecule has 0 spiro atoms. The lowest BCUT2D eigenvalue weighted by Crippen LogP contribution is -2.34. The highest BCUT2D eigenvalue weighted by atomic mass is 15.2. The number of anilines is 2. The van der Waals surface area contributed by atoms with Gasteiger partial charge in [0.1, 0.15) is 5.82 Å². The third kappa shape index (κ3) is 2.88. The molecule has 1 unspecified atom stereocenters. The summed E-state index contributed by atoms with van der Waals surface area (Å²) in [7, 11) is 1.93. The van der Waals surface area contributed by atoms with Crippen LogP contribution >= 0.6 is 0 Å². The summed E-state index contributed by atoms with van der Waals surface area (Å²) in [4.78, 5) is 6.91. The summed E-state index contributed by atoms with van der Waals surface area (Å²) in [5.41, 5.74) is 1.06. The molecule has 0 radical (unpaired) electrons. The topological polar surface area (TPSA) is 40.2 Å². The standard InChI is InChI=1S/C13H22N4/c1-3-17-9-5-6-11(17)10-16-13-12(14-2)7-4-8-15-13/h4,7-8,11,14H,3,5-6,9-10H2,1-2H3,(H,15,16). The van der Waals surface area contributed by atoms with Gasteiger partial charge in [-0.25, -0.2) is 4.98 Å². The molecule has 1 atom stereocenters. The zero-order valence-corrected chi connectivity index (χ0v) is 10.7. The Morgan fingerprint density at radius 1 is 1.53 bits per heavy atom. The fourth-order valence-electron chi connectivity index (χ4n) is 2.51. The maximum absolute atomic E-state index is 4.37. The van der Waals surface area contributed by atoms with Gasteiger partial charge in [0.15, 0.2) is 0 Å². The van der Waals surface area contributed by atoms with Crippen molar-refractivity contribution < 1.29 is 0 Å². The number of nitrogens with one attached hydrogen (secondary N) is 2. The Bertz CT molecular complexity index is 353. The predicted octanol–water partition coefficient (Wildman–Crippen LogP) is 2.02. The number of hydrogen-bond donors (Lipinski definition) is 2. The van der Waals surface area contributed by atoms with Crippen LogP contribution < -0.4 is 10.6 Å². The van der Waals surface area contributed by atoms with Gasteiger partial charge in [0.2, 0.25) is 0 Å². The molecule has 0 bridgehead atoms. The molecule has 4 heteroatoms. The van der Waals surface area contributed by atoms with Crippen LogP contribution in [0.4, 0.5) is 11.5 Å². The van der Waals surface area contributed by atoms with Gasteiger partial charge in [0.25, 0.3) is 0 Å². The molecule has 17 heavy (non-hydrogen) atoms. The summed E-state index contributed by atoms with van der Waals surface area (Å²) in [6, 6.07) is 4.65. The molecular formula is C13H22N4. The van der Waals surface area contributed by atoms with Gasteiger partial charge in [-0.1, -0.05) is 6.92 Å². The van der Waals surface area contributed by atoms with Crippen molar-refractivity contribution in [1.29, 1.82) is 0 Å². The van der Waals surface area contributed by atoms with Crippen molar-refractivity contribution in [3.63, 3.8) is 0 Å². The van der Waals surface area contributed by atoms with Gasteiger partial charge in [0, 0.05) is 25.8 Å². The zero-order chi connectivity index (χ0) is 12.1. The molecule has 1 aliphatic rings. The van der Waals surface area contributed by atoms with Crippen molar-refractivity contribution in [3.8, 4) is 0 Å². The van der Waals surface area contributed by atoms with E-state index >= 15 is 0 Å². The maximum atomic E-state index is 4.37. The molecule has 2 rings (SSSR count). The second-order valence-electron chi connectivity index (χ2n) is 4.46. The van der Waals surface area contributed by atoms with E-state index in [1.807, 2.05) is 25.4 Å². The molecule has 1 fully saturated rings. The lowest BCUT2D eigenvalue weighted by atomic mass is 10.2. The minimum absolute atomic E-state index is 0.659. The molecule has 94 valence electrons. The molecule has 0 amide bonds. The number of aromatic nitrogens is 1. The lowest BCUT2D eigenvalue weighted by Gasteiger charge is -2.23. The quantitative estimate of drug-likeness (QED) is 0.817. The average molecular weight is 234 g/mol. The van der Waals surface area contributed by atoms with E-state index in [4.69, 9.17) is 0 Å². The summed E-state index contributed by atoms with van der Waals surface area (Å²) in [5.74, 6) is 0.956. The Balaban J connectivity index is 1.93. The summed E-state index contributed by atoms with van der Waals surface area (Å²) >= 11 is 0. The summed E-state index contributed by atoms with van der Waals surface area (Å²) in [6.45, 7) is 5.61. The van der Waals surface area contributed by atoms with E-state index < -0.39 is 0 Å². The number of hydrogen-bond acceptors (Lipinski definition) is 4. The molecule has 1 aliphatic heterocycles. The normalized spacial score (nSPS) is 20.5. The second-order valence-corrected chi connectivity index (χ2v) is 4.46. The van der Waals surface area contributed by atoms with Crippen LogP contribution in [0.5, 0.6) is 0 Å². The summed E-state index contributed by atoms with van der Waals surface area (Å²) < 4.78 is 0. The molecule has 2 N–H and O–H groups in total. The Hall–Kier alpha value is -1.29. The van der Waals surface area contributed by atoms with Gasteiger partial charge >= 0.3 is 0 Å².